The molecular weight excluding hydrogens is 368 g/mol. The number of rotatable bonds is 3. The van der Waals surface area contributed by atoms with E-state index < -0.39 is 0 Å². The van der Waals surface area contributed by atoms with Crippen molar-refractivity contribution in [3.63, 3.8) is 0 Å². The summed E-state index contributed by atoms with van der Waals surface area (Å²) in [5.41, 5.74) is 3.26. The van der Waals surface area contributed by atoms with Crippen LogP contribution in [0.5, 0.6) is 5.75 Å². The highest BCUT2D eigenvalue weighted by molar-refractivity contribution is 6.01. The second-order valence-electron chi connectivity index (χ2n) is 7.95. The van der Waals surface area contributed by atoms with E-state index in [4.69, 9.17) is 4.74 Å². The first kappa shape index (κ1) is 18.2. The van der Waals surface area contributed by atoms with E-state index in [2.05, 4.69) is 55.5 Å². The molecule has 152 valence electrons. The molecule has 2 atom stereocenters. The highest BCUT2D eigenvalue weighted by Crippen LogP contribution is 2.31. The number of piperazine rings is 1. The van der Waals surface area contributed by atoms with Gasteiger partial charge < -0.3 is 20.3 Å². The van der Waals surface area contributed by atoms with Crippen LogP contribution in [-0.4, -0.2) is 59.6 Å². The molecule has 2 N–H and O–H groups in total. The number of nitrogens with one attached hydrogen (secondary N) is 2. The number of carbonyl (C=O) groups is 1. The van der Waals surface area contributed by atoms with Gasteiger partial charge in [0.2, 0.25) is 11.9 Å². The zero-order chi connectivity index (χ0) is 20.0. The number of amides is 1. The monoisotopic (exact) mass is 394 g/mol. The van der Waals surface area contributed by atoms with Crippen molar-refractivity contribution in [2.75, 3.05) is 48.3 Å². The third kappa shape index (κ3) is 3.37. The van der Waals surface area contributed by atoms with Gasteiger partial charge >= 0.3 is 0 Å². The lowest BCUT2D eigenvalue weighted by atomic mass is 10.0. The molecule has 1 aromatic carbocycles. The molecule has 3 aliphatic heterocycles. The maximum atomic E-state index is 11.8. The van der Waals surface area contributed by atoms with Crippen LogP contribution in [0.1, 0.15) is 31.0 Å². The van der Waals surface area contributed by atoms with E-state index in [9.17, 15) is 4.79 Å². The summed E-state index contributed by atoms with van der Waals surface area (Å²) >= 11 is 0. The number of benzene rings is 1. The molecule has 0 radical (unpaired) electrons. The molecule has 3 aliphatic rings. The summed E-state index contributed by atoms with van der Waals surface area (Å²) in [6, 6.07) is 6.69. The summed E-state index contributed by atoms with van der Waals surface area (Å²) in [6.07, 6.45) is 2.70. The summed E-state index contributed by atoms with van der Waals surface area (Å²) in [5, 5.41) is 5.98. The van der Waals surface area contributed by atoms with E-state index in [1.165, 1.54) is 11.1 Å². The van der Waals surface area contributed by atoms with Gasteiger partial charge in [0.25, 0.3) is 0 Å². The van der Waals surface area contributed by atoms with Crippen molar-refractivity contribution in [1.82, 2.24) is 14.9 Å². The Hall–Kier alpha value is -2.87. The maximum Gasteiger partial charge on any atom is 0.246 e. The van der Waals surface area contributed by atoms with Crippen LogP contribution in [0.3, 0.4) is 0 Å². The molecule has 29 heavy (non-hydrogen) atoms. The van der Waals surface area contributed by atoms with E-state index in [1.54, 1.807) is 6.20 Å². The lowest BCUT2D eigenvalue weighted by molar-refractivity contribution is -0.116. The topological polar surface area (TPSA) is 82.6 Å². The summed E-state index contributed by atoms with van der Waals surface area (Å²) in [6.45, 7) is 8.50. The largest absolute Gasteiger partial charge is 0.493 e. The van der Waals surface area contributed by atoms with Crippen molar-refractivity contribution in [3.05, 3.63) is 35.5 Å². The molecule has 8 nitrogen and oxygen atoms in total. The third-order valence-electron chi connectivity index (χ3n) is 6.13. The van der Waals surface area contributed by atoms with Crippen molar-refractivity contribution in [2.45, 2.75) is 32.4 Å². The number of carbonyl (C=O) groups excluding carboxylic acids is 1. The van der Waals surface area contributed by atoms with Crippen LogP contribution < -0.4 is 20.3 Å². The van der Waals surface area contributed by atoms with Crippen molar-refractivity contribution < 1.29 is 9.53 Å². The van der Waals surface area contributed by atoms with Crippen LogP contribution >= 0.6 is 0 Å². The zero-order valence-corrected chi connectivity index (χ0v) is 16.8. The Morgan fingerprint density at radius 2 is 2.07 bits per heavy atom. The Bertz CT molecular complexity index is 941. The molecule has 0 aliphatic carbocycles. The minimum Gasteiger partial charge on any atom is -0.493 e. The SMILES string of the molecule is CC1Nc2nc(N3CCN(C(C)c4ccc5c(c4)OCC5)CC3)ncc2NC1=O. The van der Waals surface area contributed by atoms with Gasteiger partial charge in [0, 0.05) is 38.6 Å². The lowest BCUT2D eigenvalue weighted by Crippen LogP contribution is -2.48. The molecule has 0 saturated carbocycles. The quantitative estimate of drug-likeness (QED) is 0.824. The van der Waals surface area contributed by atoms with Crippen LogP contribution in [0, 0.1) is 0 Å². The minimum atomic E-state index is -0.292. The number of aromatic nitrogens is 2. The highest BCUT2D eigenvalue weighted by atomic mass is 16.5. The first-order chi connectivity index (χ1) is 14.1. The van der Waals surface area contributed by atoms with Gasteiger partial charge in [-0.2, -0.15) is 4.98 Å². The fourth-order valence-corrected chi connectivity index (χ4v) is 4.20. The minimum absolute atomic E-state index is 0.0617. The van der Waals surface area contributed by atoms with E-state index in [0.29, 0.717) is 23.5 Å². The average Bonchev–Trinajstić information content (AvgIpc) is 3.22. The smallest absolute Gasteiger partial charge is 0.246 e. The summed E-state index contributed by atoms with van der Waals surface area (Å²) in [4.78, 5) is 25.6. The Morgan fingerprint density at radius 3 is 2.90 bits per heavy atom. The molecule has 1 aromatic heterocycles. The first-order valence-electron chi connectivity index (χ1n) is 10.3. The summed E-state index contributed by atoms with van der Waals surface area (Å²) in [5.74, 6) is 2.38. The predicted octanol–water partition coefficient (Wildman–Crippen LogP) is 2.05. The van der Waals surface area contributed by atoms with Crippen molar-refractivity contribution in [1.29, 1.82) is 0 Å². The van der Waals surface area contributed by atoms with Crippen molar-refractivity contribution in [2.24, 2.45) is 0 Å². The van der Waals surface area contributed by atoms with E-state index in [1.807, 2.05) is 6.92 Å². The molecule has 1 amide bonds. The predicted molar refractivity (Wildman–Crippen MR) is 112 cm³/mol. The lowest BCUT2D eigenvalue weighted by Gasteiger charge is -2.38. The molecule has 8 heteroatoms. The molecule has 5 rings (SSSR count). The number of ether oxygens (including phenoxy) is 1. The van der Waals surface area contributed by atoms with Gasteiger partial charge in [-0.1, -0.05) is 12.1 Å². The molecule has 2 unspecified atom stereocenters. The van der Waals surface area contributed by atoms with E-state index >= 15 is 0 Å². The van der Waals surface area contributed by atoms with Crippen LogP contribution in [0.25, 0.3) is 0 Å². The zero-order valence-electron chi connectivity index (χ0n) is 16.8. The maximum absolute atomic E-state index is 11.8. The van der Waals surface area contributed by atoms with Crippen LogP contribution in [0.15, 0.2) is 24.4 Å². The Morgan fingerprint density at radius 1 is 1.24 bits per heavy atom. The van der Waals surface area contributed by atoms with Gasteiger partial charge in [0.05, 0.1) is 12.8 Å². The molecular formula is C21H26N6O2. The standard InChI is InChI=1S/C21H26N6O2/c1-13-20(28)24-17-12-22-21(25-19(17)23-13)27-8-6-26(7-9-27)14(2)16-4-3-15-5-10-29-18(15)11-16/h3-4,11-14H,5-10H2,1-2H3,(H,24,28)(H,22,23,25). The second-order valence-corrected chi connectivity index (χ2v) is 7.95. The van der Waals surface area contributed by atoms with Gasteiger partial charge in [0.1, 0.15) is 17.5 Å². The number of hydrogen-bond donors (Lipinski definition) is 2. The van der Waals surface area contributed by atoms with E-state index in [-0.39, 0.29) is 11.9 Å². The molecule has 0 spiro atoms. The van der Waals surface area contributed by atoms with Crippen LogP contribution in [0.2, 0.25) is 0 Å². The fraction of sp³-hybridized carbons (Fsp3) is 0.476. The number of hydrogen-bond acceptors (Lipinski definition) is 7. The van der Waals surface area contributed by atoms with Gasteiger partial charge in [-0.15, -0.1) is 0 Å². The first-order valence-corrected chi connectivity index (χ1v) is 10.3. The molecule has 1 saturated heterocycles. The second kappa shape index (κ2) is 7.18. The van der Waals surface area contributed by atoms with Crippen LogP contribution in [0.4, 0.5) is 17.5 Å². The Labute approximate surface area is 170 Å². The van der Waals surface area contributed by atoms with Crippen LogP contribution in [-0.2, 0) is 11.2 Å². The summed E-state index contributed by atoms with van der Waals surface area (Å²) < 4.78 is 5.74. The van der Waals surface area contributed by atoms with E-state index in [0.717, 1.165) is 45.0 Å². The number of anilines is 3. The van der Waals surface area contributed by atoms with Crippen molar-refractivity contribution in [3.8, 4) is 5.75 Å². The molecule has 2 aromatic rings. The molecule has 4 heterocycles. The fourth-order valence-electron chi connectivity index (χ4n) is 4.20. The van der Waals surface area contributed by atoms with Gasteiger partial charge in [0.15, 0.2) is 5.82 Å². The highest BCUT2D eigenvalue weighted by Gasteiger charge is 2.27. The number of nitrogens with zero attached hydrogens (tertiary/aromatic N) is 4. The van der Waals surface area contributed by atoms with Gasteiger partial charge in [-0.05, 0) is 31.0 Å². The van der Waals surface area contributed by atoms with Crippen molar-refractivity contribution >= 4 is 23.4 Å². The third-order valence-corrected chi connectivity index (χ3v) is 6.13. The Balaban J connectivity index is 1.25. The Kier molecular flexibility index (Phi) is 4.50. The molecule has 1 fully saturated rings. The van der Waals surface area contributed by atoms with Gasteiger partial charge in [-0.25, -0.2) is 4.98 Å². The number of fused-ring (bicyclic) bond motifs is 2. The normalized spacial score (nSPS) is 22.2. The molecule has 0 bridgehead atoms. The summed E-state index contributed by atoms with van der Waals surface area (Å²) in [7, 11) is 0. The average molecular weight is 394 g/mol. The van der Waals surface area contributed by atoms with Gasteiger partial charge in [-0.3, -0.25) is 9.69 Å².